The number of amides is 1. The van der Waals surface area contributed by atoms with Gasteiger partial charge in [-0.15, -0.1) is 0 Å². The Morgan fingerprint density at radius 3 is 2.64 bits per heavy atom. The topological polar surface area (TPSA) is 131 Å². The molecule has 25 heavy (non-hydrogen) atoms. The van der Waals surface area contributed by atoms with Gasteiger partial charge in [-0.3, -0.25) is 20.6 Å². The second-order valence-corrected chi connectivity index (χ2v) is 5.12. The van der Waals surface area contributed by atoms with E-state index < -0.39 is 5.91 Å². The molecule has 3 aromatic heterocycles. The van der Waals surface area contributed by atoms with Crippen LogP contribution in [0.2, 0.25) is 0 Å². The molecule has 0 aliphatic heterocycles. The van der Waals surface area contributed by atoms with Gasteiger partial charge < -0.3 is 11.1 Å². The molecular formula is C16H16N8O. The van der Waals surface area contributed by atoms with Crippen LogP contribution in [-0.2, 0) is 0 Å². The van der Waals surface area contributed by atoms with Crippen LogP contribution >= 0.6 is 0 Å². The Kier molecular flexibility index (Phi) is 4.65. The molecule has 0 aliphatic rings. The lowest BCUT2D eigenvalue weighted by Gasteiger charge is -2.12. The number of hydrogen-bond donors (Lipinski definition) is 4. The monoisotopic (exact) mass is 336 g/mol. The molecule has 0 saturated heterocycles. The van der Waals surface area contributed by atoms with Crippen LogP contribution in [0.25, 0.3) is 0 Å². The van der Waals surface area contributed by atoms with Crippen LogP contribution in [0.15, 0.2) is 49.1 Å². The van der Waals surface area contributed by atoms with Crippen LogP contribution in [-0.4, -0.2) is 25.8 Å². The average molecular weight is 336 g/mol. The predicted molar refractivity (Wildman–Crippen MR) is 94.0 cm³/mol. The molecule has 0 spiro atoms. The molecule has 0 atom stereocenters. The smallest absolute Gasteiger partial charge is 0.288 e. The summed E-state index contributed by atoms with van der Waals surface area (Å²) in [5, 5.41) is 3.02. The quantitative estimate of drug-likeness (QED) is 0.517. The summed E-state index contributed by atoms with van der Waals surface area (Å²) < 4.78 is 0. The molecular weight excluding hydrogens is 320 g/mol. The maximum Gasteiger partial charge on any atom is 0.288 e. The van der Waals surface area contributed by atoms with Crippen molar-refractivity contribution in [2.75, 3.05) is 16.5 Å². The number of anilines is 4. The number of nitrogens with one attached hydrogen (secondary N) is 3. The standard InChI is InChI=1S/C16H16N8O/c1-10-5-7-19-12(8-10)22-14-13(17)15(21-9-20-14)23-24-16(25)11-4-2-3-6-18-11/h2-9H,17H2,1H3,(H,24,25)(H2,19,20,21,22,23). The second kappa shape index (κ2) is 7.21. The maximum absolute atomic E-state index is 12.0. The molecule has 0 bridgehead atoms. The predicted octanol–water partition coefficient (Wildman–Crippen LogP) is 1.66. The van der Waals surface area contributed by atoms with Gasteiger partial charge >= 0.3 is 0 Å². The summed E-state index contributed by atoms with van der Waals surface area (Å²) in [7, 11) is 0. The molecule has 3 heterocycles. The third kappa shape index (κ3) is 3.96. The number of hydrogen-bond acceptors (Lipinski definition) is 8. The molecule has 1 amide bonds. The number of aromatic nitrogens is 4. The molecule has 0 aromatic carbocycles. The van der Waals surface area contributed by atoms with Crippen molar-refractivity contribution in [1.82, 2.24) is 25.4 Å². The lowest BCUT2D eigenvalue weighted by atomic mass is 10.3. The van der Waals surface area contributed by atoms with E-state index in [4.69, 9.17) is 5.73 Å². The highest BCUT2D eigenvalue weighted by Crippen LogP contribution is 2.24. The highest BCUT2D eigenvalue weighted by Gasteiger charge is 2.11. The average Bonchev–Trinajstić information content (AvgIpc) is 2.63. The fourth-order valence-electron chi connectivity index (χ4n) is 2.00. The zero-order valence-electron chi connectivity index (χ0n) is 13.4. The summed E-state index contributed by atoms with van der Waals surface area (Å²) in [6, 6.07) is 8.78. The van der Waals surface area contributed by atoms with Gasteiger partial charge in [-0.25, -0.2) is 15.0 Å². The number of hydrazine groups is 1. The Hall–Kier alpha value is -3.75. The lowest BCUT2D eigenvalue weighted by Crippen LogP contribution is -2.31. The summed E-state index contributed by atoms with van der Waals surface area (Å²) >= 11 is 0. The van der Waals surface area contributed by atoms with Crippen molar-refractivity contribution in [3.8, 4) is 0 Å². The normalized spacial score (nSPS) is 10.1. The molecule has 9 heteroatoms. The van der Waals surface area contributed by atoms with Crippen molar-refractivity contribution in [2.24, 2.45) is 0 Å². The minimum Gasteiger partial charge on any atom is -0.393 e. The summed E-state index contributed by atoms with van der Waals surface area (Å²) in [5.41, 5.74) is 12.8. The zero-order valence-corrected chi connectivity index (χ0v) is 13.4. The first-order valence-electron chi connectivity index (χ1n) is 7.41. The first-order valence-corrected chi connectivity index (χ1v) is 7.41. The largest absolute Gasteiger partial charge is 0.393 e. The van der Waals surface area contributed by atoms with E-state index in [1.807, 2.05) is 19.1 Å². The number of nitrogens with two attached hydrogens (primary N) is 1. The summed E-state index contributed by atoms with van der Waals surface area (Å²) in [4.78, 5) is 28.3. The molecule has 3 aromatic rings. The van der Waals surface area contributed by atoms with E-state index in [0.29, 0.717) is 11.6 Å². The highest BCUT2D eigenvalue weighted by molar-refractivity contribution is 5.93. The molecule has 0 radical (unpaired) electrons. The fourth-order valence-corrected chi connectivity index (χ4v) is 2.00. The maximum atomic E-state index is 12.0. The summed E-state index contributed by atoms with van der Waals surface area (Å²) in [5.74, 6) is 0.833. The van der Waals surface area contributed by atoms with Gasteiger partial charge in [0.25, 0.3) is 5.91 Å². The van der Waals surface area contributed by atoms with Gasteiger partial charge in [0.15, 0.2) is 11.6 Å². The van der Waals surface area contributed by atoms with Gasteiger partial charge in [-0.05, 0) is 36.8 Å². The van der Waals surface area contributed by atoms with Crippen molar-refractivity contribution in [2.45, 2.75) is 6.92 Å². The molecule has 0 unspecified atom stereocenters. The van der Waals surface area contributed by atoms with Crippen molar-refractivity contribution in [3.05, 3.63) is 60.3 Å². The van der Waals surface area contributed by atoms with Crippen molar-refractivity contribution in [3.63, 3.8) is 0 Å². The van der Waals surface area contributed by atoms with Crippen LogP contribution in [0.4, 0.5) is 23.1 Å². The summed E-state index contributed by atoms with van der Waals surface area (Å²) in [6.07, 6.45) is 4.54. The lowest BCUT2D eigenvalue weighted by molar-refractivity contribution is 0.0957. The Morgan fingerprint density at radius 2 is 1.88 bits per heavy atom. The number of carbonyl (C=O) groups is 1. The van der Waals surface area contributed by atoms with E-state index >= 15 is 0 Å². The van der Waals surface area contributed by atoms with E-state index in [1.165, 1.54) is 12.5 Å². The Balaban J connectivity index is 1.72. The van der Waals surface area contributed by atoms with Gasteiger partial charge in [0.2, 0.25) is 0 Å². The minimum atomic E-state index is -0.409. The Labute approximate surface area is 143 Å². The van der Waals surface area contributed by atoms with Gasteiger partial charge in [-0.2, -0.15) is 0 Å². The highest BCUT2D eigenvalue weighted by atomic mass is 16.2. The van der Waals surface area contributed by atoms with Gasteiger partial charge in [0.1, 0.15) is 23.5 Å². The van der Waals surface area contributed by atoms with E-state index in [-0.39, 0.29) is 17.2 Å². The molecule has 0 saturated carbocycles. The number of nitrogen functional groups attached to an aromatic ring is 1. The SMILES string of the molecule is Cc1ccnc(Nc2ncnc(NNC(=O)c3ccccn3)c2N)c1. The van der Waals surface area contributed by atoms with E-state index in [0.717, 1.165) is 5.56 Å². The first kappa shape index (κ1) is 16.1. The molecule has 5 N–H and O–H groups in total. The number of nitrogens with zero attached hydrogens (tertiary/aromatic N) is 4. The number of pyridine rings is 2. The van der Waals surface area contributed by atoms with Crippen LogP contribution < -0.4 is 21.9 Å². The molecule has 3 rings (SSSR count). The van der Waals surface area contributed by atoms with Gasteiger partial charge in [0, 0.05) is 12.4 Å². The number of aryl methyl sites for hydroxylation is 1. The van der Waals surface area contributed by atoms with Crippen molar-refractivity contribution >= 4 is 29.0 Å². The van der Waals surface area contributed by atoms with Crippen molar-refractivity contribution in [1.29, 1.82) is 0 Å². The van der Waals surface area contributed by atoms with E-state index in [1.54, 1.807) is 24.4 Å². The van der Waals surface area contributed by atoms with E-state index in [2.05, 4.69) is 36.1 Å². The summed E-state index contributed by atoms with van der Waals surface area (Å²) in [6.45, 7) is 1.95. The fraction of sp³-hybridized carbons (Fsp3) is 0.0625. The van der Waals surface area contributed by atoms with Gasteiger partial charge in [0.05, 0.1) is 0 Å². The molecule has 9 nitrogen and oxygen atoms in total. The van der Waals surface area contributed by atoms with E-state index in [9.17, 15) is 4.79 Å². The molecule has 0 fully saturated rings. The van der Waals surface area contributed by atoms with Crippen LogP contribution in [0.1, 0.15) is 16.1 Å². The zero-order chi connectivity index (χ0) is 17.6. The molecule has 126 valence electrons. The second-order valence-electron chi connectivity index (χ2n) is 5.12. The third-order valence-corrected chi connectivity index (χ3v) is 3.24. The Morgan fingerprint density at radius 1 is 1.04 bits per heavy atom. The van der Waals surface area contributed by atoms with Gasteiger partial charge in [-0.1, -0.05) is 6.07 Å². The van der Waals surface area contributed by atoms with Crippen LogP contribution in [0, 0.1) is 6.92 Å². The van der Waals surface area contributed by atoms with Crippen LogP contribution in [0.3, 0.4) is 0 Å². The molecule has 0 aliphatic carbocycles. The minimum absolute atomic E-state index is 0.243. The number of carbonyl (C=O) groups excluding carboxylic acids is 1. The van der Waals surface area contributed by atoms with Crippen LogP contribution in [0.5, 0.6) is 0 Å². The number of rotatable bonds is 5. The first-order chi connectivity index (χ1) is 12.1. The third-order valence-electron chi connectivity index (χ3n) is 3.24. The van der Waals surface area contributed by atoms with Crippen molar-refractivity contribution < 1.29 is 4.79 Å². The Bertz CT molecular complexity index is 884.